The van der Waals surface area contributed by atoms with E-state index in [4.69, 9.17) is 5.73 Å². The largest absolute Gasteiger partial charge is 0.508 e. The molecular weight excluding hydrogens is 264 g/mol. The van der Waals surface area contributed by atoms with Crippen LogP contribution >= 0.6 is 0 Å². The van der Waals surface area contributed by atoms with Crippen molar-refractivity contribution in [3.63, 3.8) is 0 Å². The first kappa shape index (κ1) is 13.6. The fourth-order valence-electron chi connectivity index (χ4n) is 2.70. The van der Waals surface area contributed by atoms with Crippen LogP contribution in [0.3, 0.4) is 0 Å². The van der Waals surface area contributed by atoms with Crippen LogP contribution in [0.4, 0.5) is 0 Å². The Morgan fingerprint density at radius 2 is 1.67 bits per heavy atom. The molecule has 1 amide bonds. The van der Waals surface area contributed by atoms with E-state index in [-0.39, 0.29) is 11.7 Å². The van der Waals surface area contributed by atoms with Gasteiger partial charge in [0.15, 0.2) is 0 Å². The number of hydrogen-bond donors (Lipinski definition) is 2. The van der Waals surface area contributed by atoms with Crippen LogP contribution in [-0.4, -0.2) is 22.0 Å². The zero-order chi connectivity index (χ0) is 14.8. The van der Waals surface area contributed by atoms with Crippen LogP contribution in [0.1, 0.15) is 16.7 Å². The topological polar surface area (TPSA) is 66.6 Å². The summed E-state index contributed by atoms with van der Waals surface area (Å²) in [7, 11) is 0. The number of nitrogens with zero attached hydrogens (tertiary/aromatic N) is 1. The minimum absolute atomic E-state index is 0.0284. The molecule has 1 unspecified atom stereocenters. The number of fused-ring (bicyclic) bond motifs is 1. The summed E-state index contributed by atoms with van der Waals surface area (Å²) in [5.41, 5.74) is 9.39. The molecule has 0 aromatic heterocycles. The van der Waals surface area contributed by atoms with Gasteiger partial charge in [0.2, 0.25) is 5.91 Å². The third-order valence-corrected chi connectivity index (χ3v) is 3.86. The fraction of sp³-hybridized carbons (Fsp3) is 0.235. The Kier molecular flexibility index (Phi) is 3.62. The number of hydrogen-bond acceptors (Lipinski definition) is 3. The Morgan fingerprint density at radius 3 is 2.24 bits per heavy atom. The molecule has 2 aromatic rings. The van der Waals surface area contributed by atoms with Crippen LogP contribution in [0.2, 0.25) is 0 Å². The SMILES string of the molecule is NC(Cc1ccc(O)cc1)C(=O)N1Cc2ccccc2C1. The standard InChI is InChI=1S/C17H18N2O2/c18-16(9-12-5-7-15(20)8-6-12)17(21)19-10-13-3-1-2-4-14(13)11-19/h1-8,16,20H,9-11,18H2. The molecule has 2 aromatic carbocycles. The quantitative estimate of drug-likeness (QED) is 0.902. The first-order valence-electron chi connectivity index (χ1n) is 7.02. The molecule has 3 rings (SSSR count). The molecular formula is C17H18N2O2. The Balaban J connectivity index is 1.65. The molecule has 1 aliphatic heterocycles. The van der Waals surface area contributed by atoms with Gasteiger partial charge in [-0.3, -0.25) is 4.79 Å². The average molecular weight is 282 g/mol. The van der Waals surface area contributed by atoms with E-state index in [2.05, 4.69) is 0 Å². The summed E-state index contributed by atoms with van der Waals surface area (Å²) in [6, 6.07) is 14.3. The van der Waals surface area contributed by atoms with Crippen LogP contribution in [0.15, 0.2) is 48.5 Å². The molecule has 0 fully saturated rings. The maximum atomic E-state index is 12.4. The van der Waals surface area contributed by atoms with Crippen molar-refractivity contribution in [1.82, 2.24) is 4.90 Å². The highest BCUT2D eigenvalue weighted by atomic mass is 16.3. The molecule has 1 heterocycles. The molecule has 0 radical (unpaired) electrons. The van der Waals surface area contributed by atoms with Crippen molar-refractivity contribution in [2.75, 3.05) is 0 Å². The van der Waals surface area contributed by atoms with E-state index in [1.807, 2.05) is 24.3 Å². The van der Waals surface area contributed by atoms with Crippen molar-refractivity contribution in [1.29, 1.82) is 0 Å². The van der Waals surface area contributed by atoms with Gasteiger partial charge in [-0.15, -0.1) is 0 Å². The summed E-state index contributed by atoms with van der Waals surface area (Å²) in [4.78, 5) is 14.2. The molecule has 3 N–H and O–H groups in total. The van der Waals surface area contributed by atoms with Gasteiger partial charge in [-0.1, -0.05) is 36.4 Å². The molecule has 0 spiro atoms. The van der Waals surface area contributed by atoms with Crippen molar-refractivity contribution in [2.24, 2.45) is 5.73 Å². The molecule has 4 heteroatoms. The number of amides is 1. The molecule has 0 saturated heterocycles. The Labute approximate surface area is 123 Å². The Bertz CT molecular complexity index is 627. The third kappa shape index (κ3) is 2.90. The maximum Gasteiger partial charge on any atom is 0.240 e. The van der Waals surface area contributed by atoms with Crippen molar-refractivity contribution in [3.05, 3.63) is 65.2 Å². The predicted octanol–water partition coefficient (Wildman–Crippen LogP) is 1.80. The summed E-state index contributed by atoms with van der Waals surface area (Å²) < 4.78 is 0. The minimum Gasteiger partial charge on any atom is -0.508 e. The Morgan fingerprint density at radius 1 is 1.10 bits per heavy atom. The molecule has 4 nitrogen and oxygen atoms in total. The molecule has 21 heavy (non-hydrogen) atoms. The van der Waals surface area contributed by atoms with Gasteiger partial charge in [0.05, 0.1) is 6.04 Å². The van der Waals surface area contributed by atoms with E-state index < -0.39 is 6.04 Å². The monoisotopic (exact) mass is 282 g/mol. The molecule has 0 bridgehead atoms. The molecule has 1 atom stereocenters. The molecule has 1 aliphatic rings. The summed E-state index contributed by atoms with van der Waals surface area (Å²) in [6.07, 6.45) is 0.478. The summed E-state index contributed by atoms with van der Waals surface area (Å²) in [5, 5.41) is 9.27. The lowest BCUT2D eigenvalue weighted by atomic mass is 10.1. The van der Waals surface area contributed by atoms with Gasteiger partial charge in [0.1, 0.15) is 5.75 Å². The lowest BCUT2D eigenvalue weighted by molar-refractivity contribution is -0.133. The molecule has 108 valence electrons. The third-order valence-electron chi connectivity index (χ3n) is 3.86. The van der Waals surface area contributed by atoms with E-state index in [0.29, 0.717) is 19.5 Å². The van der Waals surface area contributed by atoms with Gasteiger partial charge in [-0.25, -0.2) is 0 Å². The van der Waals surface area contributed by atoms with Crippen molar-refractivity contribution >= 4 is 5.91 Å². The highest BCUT2D eigenvalue weighted by Crippen LogP contribution is 2.23. The first-order chi connectivity index (χ1) is 10.1. The van der Waals surface area contributed by atoms with Crippen molar-refractivity contribution in [3.8, 4) is 5.75 Å². The van der Waals surface area contributed by atoms with E-state index >= 15 is 0 Å². The normalized spacial score (nSPS) is 14.8. The Hall–Kier alpha value is -2.33. The highest BCUT2D eigenvalue weighted by molar-refractivity contribution is 5.82. The second-order valence-electron chi connectivity index (χ2n) is 5.44. The number of aromatic hydroxyl groups is 1. The number of phenols is 1. The average Bonchev–Trinajstić information content (AvgIpc) is 2.92. The van der Waals surface area contributed by atoms with Crippen LogP contribution in [0.5, 0.6) is 5.75 Å². The summed E-state index contributed by atoms with van der Waals surface area (Å²) in [6.45, 7) is 1.27. The second kappa shape index (κ2) is 5.58. The van der Waals surface area contributed by atoms with Crippen LogP contribution in [0.25, 0.3) is 0 Å². The predicted molar refractivity (Wildman–Crippen MR) is 80.5 cm³/mol. The summed E-state index contributed by atoms with van der Waals surface area (Å²) >= 11 is 0. The maximum absolute atomic E-state index is 12.4. The zero-order valence-electron chi connectivity index (χ0n) is 11.7. The summed E-state index contributed by atoms with van der Waals surface area (Å²) in [5.74, 6) is 0.188. The van der Waals surface area contributed by atoms with E-state index in [0.717, 1.165) is 5.56 Å². The number of benzene rings is 2. The highest BCUT2D eigenvalue weighted by Gasteiger charge is 2.26. The van der Waals surface area contributed by atoms with Gasteiger partial charge >= 0.3 is 0 Å². The van der Waals surface area contributed by atoms with Gasteiger partial charge in [0, 0.05) is 13.1 Å². The van der Waals surface area contributed by atoms with Crippen molar-refractivity contribution in [2.45, 2.75) is 25.6 Å². The van der Waals surface area contributed by atoms with Crippen LogP contribution in [0, 0.1) is 0 Å². The number of rotatable bonds is 3. The minimum atomic E-state index is -0.552. The zero-order valence-corrected chi connectivity index (χ0v) is 11.7. The number of carbonyl (C=O) groups is 1. The number of phenolic OH excluding ortho intramolecular Hbond substituents is 1. The van der Waals surface area contributed by atoms with E-state index in [1.54, 1.807) is 29.2 Å². The van der Waals surface area contributed by atoms with Crippen LogP contribution < -0.4 is 5.73 Å². The van der Waals surface area contributed by atoms with Gasteiger partial charge in [0.25, 0.3) is 0 Å². The van der Waals surface area contributed by atoms with Crippen LogP contribution in [-0.2, 0) is 24.3 Å². The number of carbonyl (C=O) groups excluding carboxylic acids is 1. The van der Waals surface area contributed by atoms with E-state index in [9.17, 15) is 9.90 Å². The second-order valence-corrected chi connectivity index (χ2v) is 5.44. The van der Waals surface area contributed by atoms with Crippen molar-refractivity contribution < 1.29 is 9.90 Å². The lowest BCUT2D eigenvalue weighted by Crippen LogP contribution is -2.42. The number of nitrogens with two attached hydrogens (primary N) is 1. The van der Waals surface area contributed by atoms with Gasteiger partial charge in [-0.05, 0) is 35.2 Å². The first-order valence-corrected chi connectivity index (χ1v) is 7.02. The van der Waals surface area contributed by atoms with Gasteiger partial charge < -0.3 is 15.7 Å². The smallest absolute Gasteiger partial charge is 0.240 e. The van der Waals surface area contributed by atoms with E-state index in [1.165, 1.54) is 11.1 Å². The van der Waals surface area contributed by atoms with Gasteiger partial charge in [-0.2, -0.15) is 0 Å². The fourth-order valence-corrected chi connectivity index (χ4v) is 2.70. The molecule has 0 aliphatic carbocycles. The lowest BCUT2D eigenvalue weighted by Gasteiger charge is -2.20. The molecule has 0 saturated carbocycles.